The molecular weight excluding hydrogens is 703 g/mol. The Bertz CT molecular complexity index is 2330. The number of fused-ring (bicyclic) bond motifs is 4. The number of azo groups is 1. The number of rotatable bonds is 11. The lowest BCUT2D eigenvalue weighted by atomic mass is 9.91. The van der Waals surface area contributed by atoms with Crippen LogP contribution in [0.1, 0.15) is 44.9 Å². The van der Waals surface area contributed by atoms with Crippen molar-refractivity contribution in [2.75, 3.05) is 25.6 Å². The molecule has 1 aliphatic heterocycles. The fourth-order valence-electron chi connectivity index (χ4n) is 7.31. The molecule has 0 saturated heterocycles. The number of alkyl carbamates (subject to hydrolysis) is 1. The van der Waals surface area contributed by atoms with Crippen LogP contribution < -0.4 is 10.2 Å². The summed E-state index contributed by atoms with van der Waals surface area (Å²) in [5, 5.41) is 21.2. The van der Waals surface area contributed by atoms with Gasteiger partial charge >= 0.3 is 12.1 Å². The van der Waals surface area contributed by atoms with Gasteiger partial charge in [-0.2, -0.15) is 14.5 Å². The number of amides is 1. The highest BCUT2D eigenvalue weighted by atomic mass is 32.2. The summed E-state index contributed by atoms with van der Waals surface area (Å²) < 4.78 is 34.7. The fourth-order valence-corrected chi connectivity index (χ4v) is 8.68. The number of benzene rings is 5. The van der Waals surface area contributed by atoms with Crippen molar-refractivity contribution in [3.63, 3.8) is 0 Å². The van der Waals surface area contributed by atoms with Gasteiger partial charge in [0.25, 0.3) is 0 Å². The van der Waals surface area contributed by atoms with E-state index in [0.29, 0.717) is 16.9 Å². The molecule has 0 fully saturated rings. The minimum atomic E-state index is -3.86. The Labute approximate surface area is 315 Å². The summed E-state index contributed by atoms with van der Waals surface area (Å²) in [5.74, 6) is -1.36. The first kappa shape index (κ1) is 36.5. The van der Waals surface area contributed by atoms with Crippen molar-refractivity contribution >= 4 is 39.1 Å². The topological polar surface area (TPSA) is 141 Å². The molecule has 54 heavy (non-hydrogen) atoms. The van der Waals surface area contributed by atoms with Crippen LogP contribution in [-0.2, 0) is 39.1 Å². The summed E-state index contributed by atoms with van der Waals surface area (Å²) in [5.41, 5.74) is 10.6. The molecule has 2 N–H and O–H groups in total. The smallest absolute Gasteiger partial charge is 0.407 e. The summed E-state index contributed by atoms with van der Waals surface area (Å²) in [6, 6.07) is 30.5. The summed E-state index contributed by atoms with van der Waals surface area (Å²) in [4.78, 5) is 27.6. The number of ether oxygens (including phenoxy) is 1. The maximum Gasteiger partial charge on any atom is 0.407 e. The van der Waals surface area contributed by atoms with E-state index in [1.165, 1.54) is 16.4 Å². The van der Waals surface area contributed by atoms with Gasteiger partial charge < -0.3 is 20.1 Å². The second kappa shape index (κ2) is 14.9. The van der Waals surface area contributed by atoms with Gasteiger partial charge in [0, 0.05) is 45.2 Å². The third-order valence-corrected chi connectivity index (χ3v) is 12.1. The van der Waals surface area contributed by atoms with Crippen molar-refractivity contribution in [2.45, 2.75) is 50.2 Å². The quantitative estimate of drug-likeness (QED) is 0.131. The number of carboxylic acid groups (broad SMARTS) is 1. The van der Waals surface area contributed by atoms with Crippen molar-refractivity contribution in [3.05, 3.63) is 142 Å². The van der Waals surface area contributed by atoms with Crippen LogP contribution in [0.15, 0.2) is 118 Å². The van der Waals surface area contributed by atoms with Crippen molar-refractivity contribution in [1.29, 1.82) is 0 Å². The highest BCUT2D eigenvalue weighted by Crippen LogP contribution is 2.44. The Morgan fingerprint density at radius 1 is 0.852 bits per heavy atom. The number of hydrogen-bond acceptors (Lipinski definition) is 8. The van der Waals surface area contributed by atoms with Crippen LogP contribution >= 0.6 is 0 Å². The Morgan fingerprint density at radius 3 is 1.98 bits per heavy atom. The molecule has 5 aromatic carbocycles. The minimum absolute atomic E-state index is 0.00203. The maximum absolute atomic E-state index is 13.8. The molecule has 1 aliphatic carbocycles. The second-order valence-electron chi connectivity index (χ2n) is 13.9. The summed E-state index contributed by atoms with van der Waals surface area (Å²) in [6.07, 6.45) is -0.814. The van der Waals surface area contributed by atoms with E-state index >= 15 is 0 Å². The molecule has 7 rings (SSSR count). The minimum Gasteiger partial charge on any atom is -0.480 e. The van der Waals surface area contributed by atoms with Gasteiger partial charge in [-0.25, -0.2) is 18.0 Å². The Hall–Kier alpha value is -5.85. The number of aryl methyl sites for hydroxylation is 1. The number of aliphatic carboxylic acids is 1. The van der Waals surface area contributed by atoms with Crippen LogP contribution in [0, 0.1) is 13.8 Å². The number of carboxylic acids is 1. The van der Waals surface area contributed by atoms with Crippen molar-refractivity contribution in [1.82, 2.24) is 9.62 Å². The molecule has 0 unspecified atom stereocenters. The molecule has 276 valence electrons. The summed E-state index contributed by atoms with van der Waals surface area (Å²) >= 11 is 0. The van der Waals surface area contributed by atoms with Crippen LogP contribution in [0.25, 0.3) is 11.1 Å². The standard InChI is InChI=1S/C42H41N5O6S/c1-26-21-28(22-40(41(48)49)43-42(50)53-25-39-35-11-7-5-9-33(35)34-10-6-8-12-36(34)39)27(2)38-24-47(23-37(26)38)54(51,52)32-19-15-30(16-20-32)45-44-29-13-17-31(18-14-29)46(3)4/h5-21,39-40H,22-25H2,1-4H3,(H,43,50)(H,48,49)/t40-/m0/s1. The molecule has 1 atom stereocenters. The van der Waals surface area contributed by atoms with Gasteiger partial charge in [-0.15, -0.1) is 0 Å². The Kier molecular flexibility index (Phi) is 10.1. The highest BCUT2D eigenvalue weighted by molar-refractivity contribution is 7.89. The van der Waals surface area contributed by atoms with Gasteiger partial charge in [-0.1, -0.05) is 54.6 Å². The van der Waals surface area contributed by atoms with Crippen LogP contribution in [0.5, 0.6) is 0 Å². The van der Waals surface area contributed by atoms with Crippen LogP contribution in [-0.4, -0.2) is 56.6 Å². The van der Waals surface area contributed by atoms with Crippen LogP contribution in [0.3, 0.4) is 0 Å². The predicted octanol–water partition coefficient (Wildman–Crippen LogP) is 8.02. The average Bonchev–Trinajstić information content (AvgIpc) is 3.77. The highest BCUT2D eigenvalue weighted by Gasteiger charge is 2.34. The third-order valence-electron chi connectivity index (χ3n) is 10.3. The van der Waals surface area contributed by atoms with Crippen LogP contribution in [0.4, 0.5) is 21.9 Å². The molecule has 0 bridgehead atoms. The number of nitrogens with one attached hydrogen (secondary N) is 1. The van der Waals surface area contributed by atoms with E-state index in [1.54, 1.807) is 12.1 Å². The molecule has 0 aromatic heterocycles. The molecule has 12 heteroatoms. The van der Waals surface area contributed by atoms with E-state index in [0.717, 1.165) is 50.2 Å². The maximum atomic E-state index is 13.8. The Morgan fingerprint density at radius 2 is 1.41 bits per heavy atom. The van der Waals surface area contributed by atoms with Crippen molar-refractivity contribution < 1.29 is 27.9 Å². The van der Waals surface area contributed by atoms with E-state index in [2.05, 4.69) is 15.5 Å². The first-order valence-electron chi connectivity index (χ1n) is 17.6. The lowest BCUT2D eigenvalue weighted by molar-refractivity contribution is -0.139. The number of carbonyl (C=O) groups excluding carboxylic acids is 1. The van der Waals surface area contributed by atoms with Crippen molar-refractivity contribution in [2.24, 2.45) is 10.2 Å². The van der Waals surface area contributed by atoms with Gasteiger partial charge in [0.2, 0.25) is 10.0 Å². The lowest BCUT2D eigenvalue weighted by Gasteiger charge is -2.19. The van der Waals surface area contributed by atoms with E-state index in [9.17, 15) is 23.1 Å². The van der Waals surface area contributed by atoms with Gasteiger partial charge in [0.05, 0.1) is 16.3 Å². The van der Waals surface area contributed by atoms with Gasteiger partial charge in [0.15, 0.2) is 0 Å². The zero-order chi connectivity index (χ0) is 38.1. The first-order valence-corrected chi connectivity index (χ1v) is 19.1. The molecule has 0 spiro atoms. The fraction of sp³-hybridized carbons (Fsp3) is 0.238. The largest absolute Gasteiger partial charge is 0.480 e. The van der Waals surface area contributed by atoms with E-state index in [4.69, 9.17) is 4.74 Å². The molecular formula is C42H41N5O6S. The molecule has 0 saturated carbocycles. The number of hydrogen-bond donors (Lipinski definition) is 2. The molecule has 1 heterocycles. The predicted molar refractivity (Wildman–Crippen MR) is 207 cm³/mol. The lowest BCUT2D eigenvalue weighted by Crippen LogP contribution is -2.43. The third kappa shape index (κ3) is 7.22. The number of sulfonamides is 1. The molecule has 2 aliphatic rings. The normalized spacial score (nSPS) is 14.4. The van der Waals surface area contributed by atoms with Crippen molar-refractivity contribution in [3.8, 4) is 11.1 Å². The average molecular weight is 744 g/mol. The monoisotopic (exact) mass is 743 g/mol. The molecule has 0 radical (unpaired) electrons. The van der Waals surface area contributed by atoms with Crippen LogP contribution in [0.2, 0.25) is 0 Å². The van der Waals surface area contributed by atoms with E-state index in [-0.39, 0.29) is 36.9 Å². The van der Waals surface area contributed by atoms with Gasteiger partial charge in [0.1, 0.15) is 12.6 Å². The molecule has 5 aromatic rings. The second-order valence-corrected chi connectivity index (χ2v) is 15.8. The molecule has 11 nitrogen and oxygen atoms in total. The van der Waals surface area contributed by atoms with Gasteiger partial charge in [-0.3, -0.25) is 0 Å². The number of anilines is 1. The number of nitrogens with zero attached hydrogens (tertiary/aromatic N) is 4. The molecule has 1 amide bonds. The summed E-state index contributed by atoms with van der Waals surface area (Å²) in [6.45, 7) is 4.14. The van der Waals surface area contributed by atoms with E-state index < -0.39 is 28.1 Å². The SMILES string of the molecule is Cc1cc(C[C@H](NC(=O)OCC2c3ccccc3-c3ccccc32)C(=O)O)c(C)c2c1CN(S(=O)(=O)c1ccc(N=Nc3ccc(N(C)C)cc3)cc1)C2. The van der Waals surface area contributed by atoms with Gasteiger partial charge in [-0.05, 0) is 112 Å². The number of carbonyl (C=O) groups is 2. The Balaban J connectivity index is 1.01. The summed E-state index contributed by atoms with van der Waals surface area (Å²) in [7, 11) is 0.0536. The first-order chi connectivity index (χ1) is 25.9. The zero-order valence-electron chi connectivity index (χ0n) is 30.5. The zero-order valence-corrected chi connectivity index (χ0v) is 31.3. The van der Waals surface area contributed by atoms with E-state index in [1.807, 2.05) is 112 Å².